The molecule has 2 aliphatic rings. The van der Waals surface area contributed by atoms with E-state index in [2.05, 4.69) is 22.8 Å². The molecule has 8 rings (SSSR count). The molecule has 2 atom stereocenters. The molecule has 0 bridgehead atoms. The zero-order valence-corrected chi connectivity index (χ0v) is 25.4. The number of para-hydroxylation sites is 4. The van der Waals surface area contributed by atoms with Gasteiger partial charge in [0.2, 0.25) is 0 Å². The van der Waals surface area contributed by atoms with Crippen molar-refractivity contribution in [3.63, 3.8) is 0 Å². The molecule has 6 aromatic rings. The Morgan fingerprint density at radius 3 is 1.49 bits per heavy atom. The third-order valence-electron chi connectivity index (χ3n) is 8.73. The molecule has 0 saturated heterocycles. The van der Waals surface area contributed by atoms with Gasteiger partial charge >= 0.3 is 0 Å². The SMILES string of the molecule is Oc1ccc(Cc2ccc(O)c(C3CC(c4ccco4)=Nc4ccccc4N3)c2)cc1C1CC(c2ccco2)=Nc2ccccc2N1. The number of anilines is 2. The molecule has 0 spiro atoms. The summed E-state index contributed by atoms with van der Waals surface area (Å²) in [5.74, 6) is 1.83. The fourth-order valence-electron chi connectivity index (χ4n) is 6.43. The van der Waals surface area contributed by atoms with Gasteiger partial charge in [-0.15, -0.1) is 0 Å². The Bertz CT molecular complexity index is 1960. The lowest BCUT2D eigenvalue weighted by molar-refractivity contribution is 0.463. The van der Waals surface area contributed by atoms with E-state index in [1.54, 1.807) is 24.7 Å². The summed E-state index contributed by atoms with van der Waals surface area (Å²) in [7, 11) is 0. The summed E-state index contributed by atoms with van der Waals surface area (Å²) < 4.78 is 11.5. The number of nitrogens with zero attached hydrogens (tertiary/aromatic N) is 2. The number of aromatic hydroxyl groups is 2. The first-order valence-electron chi connectivity index (χ1n) is 15.6. The van der Waals surface area contributed by atoms with Crippen molar-refractivity contribution in [2.24, 2.45) is 9.98 Å². The summed E-state index contributed by atoms with van der Waals surface area (Å²) >= 11 is 0. The number of phenolic OH excluding ortho intramolecular Hbond substituents is 2. The standard InChI is InChI=1S/C39H32N4O4/c44-36-15-13-24(20-26(36)32-22-34(38-11-5-17-46-38)42-30-9-3-1-7-28(30)40-32)19-25-14-16-37(45)27(21-25)33-23-35(39-12-6-18-47-39)43-31-10-4-2-8-29(31)41-33/h1-18,20-21,32-33,40-41,44-45H,19,22-23H2. The normalized spacial score (nSPS) is 17.2. The monoisotopic (exact) mass is 620 g/mol. The van der Waals surface area contributed by atoms with E-state index in [0.717, 1.165) is 56.4 Å². The van der Waals surface area contributed by atoms with Crippen molar-refractivity contribution < 1.29 is 19.0 Å². The molecule has 2 unspecified atom stereocenters. The number of benzene rings is 4. The van der Waals surface area contributed by atoms with E-state index in [4.69, 9.17) is 18.8 Å². The minimum atomic E-state index is -0.243. The Morgan fingerprint density at radius 1 is 0.574 bits per heavy atom. The van der Waals surface area contributed by atoms with Gasteiger partial charge in [0.05, 0.1) is 58.8 Å². The number of phenols is 2. The molecule has 232 valence electrons. The van der Waals surface area contributed by atoms with Gasteiger partial charge in [0.25, 0.3) is 0 Å². The zero-order valence-electron chi connectivity index (χ0n) is 25.4. The zero-order chi connectivity index (χ0) is 31.7. The van der Waals surface area contributed by atoms with Crippen molar-refractivity contribution in [3.8, 4) is 11.5 Å². The number of hydrogen-bond donors (Lipinski definition) is 4. The van der Waals surface area contributed by atoms with E-state index in [0.29, 0.717) is 30.8 Å². The van der Waals surface area contributed by atoms with Crippen LogP contribution in [0.4, 0.5) is 22.7 Å². The Balaban J connectivity index is 1.10. The molecule has 8 nitrogen and oxygen atoms in total. The second-order valence-electron chi connectivity index (χ2n) is 11.9. The fourth-order valence-corrected chi connectivity index (χ4v) is 6.43. The number of fused-ring (bicyclic) bond motifs is 2. The first kappa shape index (κ1) is 28.5. The van der Waals surface area contributed by atoms with Crippen LogP contribution >= 0.6 is 0 Å². The highest BCUT2D eigenvalue weighted by molar-refractivity contribution is 6.03. The van der Waals surface area contributed by atoms with Crippen molar-refractivity contribution in [2.45, 2.75) is 31.3 Å². The summed E-state index contributed by atoms with van der Waals surface area (Å²) in [6.45, 7) is 0. The minimum absolute atomic E-state index is 0.210. The molecule has 0 amide bonds. The van der Waals surface area contributed by atoms with Gasteiger partial charge in [-0.2, -0.15) is 0 Å². The van der Waals surface area contributed by atoms with Crippen LogP contribution in [-0.4, -0.2) is 21.6 Å². The number of hydrogen-bond acceptors (Lipinski definition) is 8. The first-order valence-corrected chi connectivity index (χ1v) is 15.6. The second kappa shape index (κ2) is 12.1. The Morgan fingerprint density at radius 2 is 1.04 bits per heavy atom. The Labute approximate surface area is 271 Å². The number of aliphatic imine (C=N–C) groups is 2. The molecule has 4 heterocycles. The van der Waals surface area contributed by atoms with Crippen LogP contribution in [0.25, 0.3) is 0 Å². The number of nitrogens with one attached hydrogen (secondary N) is 2. The van der Waals surface area contributed by atoms with Crippen LogP contribution in [0.5, 0.6) is 11.5 Å². The predicted molar refractivity (Wildman–Crippen MR) is 184 cm³/mol. The van der Waals surface area contributed by atoms with Crippen LogP contribution in [0, 0.1) is 0 Å². The van der Waals surface area contributed by atoms with Crippen LogP contribution in [-0.2, 0) is 6.42 Å². The maximum absolute atomic E-state index is 11.1. The van der Waals surface area contributed by atoms with Crippen molar-refractivity contribution in [2.75, 3.05) is 10.6 Å². The largest absolute Gasteiger partial charge is 0.508 e. The van der Waals surface area contributed by atoms with Gasteiger partial charge in [0, 0.05) is 24.0 Å². The van der Waals surface area contributed by atoms with Gasteiger partial charge in [-0.05, 0) is 90.3 Å². The molecule has 47 heavy (non-hydrogen) atoms. The predicted octanol–water partition coefficient (Wildman–Crippen LogP) is 9.23. The Kier molecular flexibility index (Phi) is 7.30. The van der Waals surface area contributed by atoms with E-state index < -0.39 is 0 Å². The van der Waals surface area contributed by atoms with Crippen LogP contribution < -0.4 is 10.6 Å². The summed E-state index contributed by atoms with van der Waals surface area (Å²) in [6, 6.07) is 34.3. The fraction of sp³-hybridized carbons (Fsp3) is 0.128. The van der Waals surface area contributed by atoms with Crippen molar-refractivity contribution in [1.29, 1.82) is 0 Å². The van der Waals surface area contributed by atoms with Crippen molar-refractivity contribution in [3.05, 3.63) is 155 Å². The molecular formula is C39H32N4O4. The van der Waals surface area contributed by atoms with E-state index in [1.165, 1.54) is 0 Å². The van der Waals surface area contributed by atoms with Gasteiger partial charge in [-0.1, -0.05) is 36.4 Å². The molecule has 0 saturated carbocycles. The van der Waals surface area contributed by atoms with Crippen molar-refractivity contribution >= 4 is 34.2 Å². The molecule has 4 N–H and O–H groups in total. The summed E-state index contributed by atoms with van der Waals surface area (Å²) in [4.78, 5) is 9.83. The maximum atomic E-state index is 11.1. The van der Waals surface area contributed by atoms with E-state index in [-0.39, 0.29) is 23.6 Å². The van der Waals surface area contributed by atoms with E-state index in [1.807, 2.05) is 84.9 Å². The van der Waals surface area contributed by atoms with Crippen LogP contribution in [0.15, 0.2) is 141 Å². The molecule has 2 aromatic heterocycles. The summed E-state index contributed by atoms with van der Waals surface area (Å²) in [5.41, 5.74) is 8.65. The third-order valence-corrected chi connectivity index (χ3v) is 8.73. The van der Waals surface area contributed by atoms with Crippen molar-refractivity contribution in [1.82, 2.24) is 0 Å². The molecule has 0 fully saturated rings. The molecule has 0 aliphatic carbocycles. The molecule has 8 heteroatoms. The quantitative estimate of drug-likeness (QED) is 0.148. The van der Waals surface area contributed by atoms with Gasteiger partial charge in [-0.3, -0.25) is 0 Å². The van der Waals surface area contributed by atoms with Gasteiger partial charge < -0.3 is 29.7 Å². The van der Waals surface area contributed by atoms with E-state index in [9.17, 15) is 10.2 Å². The Hall–Kier alpha value is -6.02. The molecule has 2 aliphatic heterocycles. The highest BCUT2D eigenvalue weighted by atomic mass is 16.3. The minimum Gasteiger partial charge on any atom is -0.508 e. The van der Waals surface area contributed by atoms with Crippen LogP contribution in [0.1, 0.15) is 58.7 Å². The highest BCUT2D eigenvalue weighted by Crippen LogP contribution is 2.40. The average Bonchev–Trinajstić information content (AvgIpc) is 3.76. The highest BCUT2D eigenvalue weighted by Gasteiger charge is 2.26. The van der Waals surface area contributed by atoms with Gasteiger partial charge in [0.15, 0.2) is 0 Å². The lowest BCUT2D eigenvalue weighted by atomic mass is 9.93. The summed E-state index contributed by atoms with van der Waals surface area (Å²) in [6.07, 6.45) is 4.95. The first-order chi connectivity index (χ1) is 23.1. The number of rotatable bonds is 6. The van der Waals surface area contributed by atoms with Gasteiger partial charge in [-0.25, -0.2) is 9.98 Å². The third kappa shape index (κ3) is 5.77. The lowest BCUT2D eigenvalue weighted by Gasteiger charge is -2.22. The van der Waals surface area contributed by atoms with Crippen LogP contribution in [0.3, 0.4) is 0 Å². The maximum Gasteiger partial charge on any atom is 0.148 e. The summed E-state index contributed by atoms with van der Waals surface area (Å²) in [5, 5.41) is 29.4. The average molecular weight is 621 g/mol. The number of furan rings is 2. The van der Waals surface area contributed by atoms with E-state index >= 15 is 0 Å². The van der Waals surface area contributed by atoms with Crippen LogP contribution in [0.2, 0.25) is 0 Å². The lowest BCUT2D eigenvalue weighted by Crippen LogP contribution is -2.15. The molecular weight excluding hydrogens is 588 g/mol. The molecule has 0 radical (unpaired) electrons. The topological polar surface area (TPSA) is 116 Å². The smallest absolute Gasteiger partial charge is 0.148 e. The van der Waals surface area contributed by atoms with Gasteiger partial charge in [0.1, 0.15) is 23.0 Å². The second-order valence-corrected chi connectivity index (χ2v) is 11.9. The molecule has 4 aromatic carbocycles.